The van der Waals surface area contributed by atoms with Gasteiger partial charge in [-0.1, -0.05) is 0 Å². The summed E-state index contributed by atoms with van der Waals surface area (Å²) in [6, 6.07) is 0. The molecule has 0 aromatic carbocycles. The van der Waals surface area contributed by atoms with Crippen molar-refractivity contribution in [1.29, 1.82) is 0 Å². The molecule has 1 atom stereocenters. The molecule has 1 saturated heterocycles. The van der Waals surface area contributed by atoms with Gasteiger partial charge in [0, 0.05) is 13.2 Å². The topological polar surface area (TPSA) is 9.23 Å². The molecule has 1 unspecified atom stereocenters. The Hall–Kier alpha value is 1.66. The van der Waals surface area contributed by atoms with Crippen molar-refractivity contribution in [1.82, 2.24) is 0 Å². The zero-order valence-electron chi connectivity index (χ0n) is 7.52. The molecular formula is C8H20BKO. The van der Waals surface area contributed by atoms with E-state index in [0.29, 0.717) is 0 Å². The molecule has 0 N–H and O–H groups in total. The minimum atomic E-state index is 0. The summed E-state index contributed by atoms with van der Waals surface area (Å²) in [5, 5.41) is 0. The fourth-order valence-electron chi connectivity index (χ4n) is 0.510. The Balaban J connectivity index is 0. The number of hydrogen-bond acceptors (Lipinski definition) is 1. The number of ether oxygens (including phenoxy) is 1. The zero-order chi connectivity index (χ0) is 7.82. The molecule has 0 saturated carbocycles. The molecule has 1 fully saturated rings. The van der Waals surface area contributed by atoms with Gasteiger partial charge in [0.15, 0.2) is 0 Å². The van der Waals surface area contributed by atoms with Gasteiger partial charge in [0.1, 0.15) is 0 Å². The first kappa shape index (κ1) is 15.1. The summed E-state index contributed by atoms with van der Waals surface area (Å²) >= 11 is 1.07. The Kier molecular flexibility index (Phi) is 16.1. The van der Waals surface area contributed by atoms with Gasteiger partial charge in [-0.3, -0.25) is 0 Å². The van der Waals surface area contributed by atoms with Crippen molar-refractivity contribution in [3.8, 4) is 0 Å². The molecule has 1 rings (SSSR count). The summed E-state index contributed by atoms with van der Waals surface area (Å²) in [4.78, 5) is 0. The van der Waals surface area contributed by atoms with Crippen LogP contribution in [0.4, 0.5) is 0 Å². The second-order valence-electron chi connectivity index (χ2n) is 3.12. The third-order valence-electron chi connectivity index (χ3n) is 1.64. The van der Waals surface area contributed by atoms with Crippen LogP contribution in [-0.2, 0) is 4.74 Å². The van der Waals surface area contributed by atoms with Gasteiger partial charge >= 0.3 is 69.2 Å². The maximum atomic E-state index is 4.94. The standard InChI is InChI=1S/C4H8O.C4H9.BH3.K/c1-2-4-5-3-1;1-3-4-2;;/h1-4H2;3H,4H2,1-2H3;1H3;. The van der Waals surface area contributed by atoms with Crippen LogP contribution in [0.2, 0.25) is 0.0125 Å². The first-order valence-electron chi connectivity index (χ1n) is 4.35. The van der Waals surface area contributed by atoms with Gasteiger partial charge in [-0.2, -0.15) is 0 Å². The molecule has 3 heteroatoms. The van der Waals surface area contributed by atoms with Gasteiger partial charge in [-0.15, -0.1) is 0 Å². The molecule has 0 aromatic rings. The molecule has 0 amide bonds. The molecule has 0 spiro atoms. The van der Waals surface area contributed by atoms with E-state index in [2.05, 4.69) is 13.8 Å². The predicted octanol–water partition coefficient (Wildman–Crippen LogP) is 0.986. The average molecular weight is 182 g/mol. The fourth-order valence-corrected chi connectivity index (χ4v) is 0.510. The van der Waals surface area contributed by atoms with Gasteiger partial charge in [-0.25, -0.2) is 0 Å². The monoisotopic (exact) mass is 182 g/mol. The first-order valence-corrected chi connectivity index (χ1v) is 6.15. The van der Waals surface area contributed by atoms with Crippen LogP contribution >= 0.6 is 0 Å². The van der Waals surface area contributed by atoms with E-state index in [1.807, 2.05) is 0 Å². The van der Waals surface area contributed by atoms with Crippen molar-refractivity contribution in [2.75, 3.05) is 13.2 Å². The average Bonchev–Trinajstić information content (AvgIpc) is 2.43. The van der Waals surface area contributed by atoms with Crippen LogP contribution in [-0.4, -0.2) is 70.6 Å². The SMILES string of the molecule is B.C1CCOC1.CC[CH](C)[K]. The van der Waals surface area contributed by atoms with E-state index in [9.17, 15) is 0 Å². The molecule has 0 radical (unpaired) electrons. The van der Waals surface area contributed by atoms with Gasteiger partial charge in [0.25, 0.3) is 0 Å². The van der Waals surface area contributed by atoms with Crippen molar-refractivity contribution in [2.45, 2.75) is 33.1 Å². The summed E-state index contributed by atoms with van der Waals surface area (Å²) in [7, 11) is 0. The van der Waals surface area contributed by atoms with Crippen LogP contribution < -0.4 is 0 Å². The quantitative estimate of drug-likeness (QED) is 0.549. The van der Waals surface area contributed by atoms with Crippen LogP contribution in [0.15, 0.2) is 0 Å². The van der Waals surface area contributed by atoms with E-state index in [1.165, 1.54) is 19.3 Å². The van der Waals surface area contributed by atoms with Crippen molar-refractivity contribution >= 4 is 57.4 Å². The van der Waals surface area contributed by atoms with E-state index in [4.69, 9.17) is 4.74 Å². The third kappa shape index (κ3) is 14.5. The molecule has 0 bridgehead atoms. The van der Waals surface area contributed by atoms with E-state index in [-0.39, 0.29) is 8.41 Å². The molecule has 0 aliphatic carbocycles. The molecule has 1 aliphatic heterocycles. The van der Waals surface area contributed by atoms with Gasteiger partial charge in [0.05, 0.1) is 8.41 Å². The van der Waals surface area contributed by atoms with Crippen molar-refractivity contribution in [3.05, 3.63) is 0 Å². The summed E-state index contributed by atoms with van der Waals surface area (Å²) in [6.45, 7) is 6.55. The van der Waals surface area contributed by atoms with Gasteiger partial charge in [-0.05, 0) is 12.8 Å². The second-order valence-corrected chi connectivity index (χ2v) is 6.20. The molecule has 0 aromatic heterocycles. The Morgan fingerprint density at radius 2 is 1.73 bits per heavy atom. The Morgan fingerprint density at radius 3 is 1.82 bits per heavy atom. The Labute approximate surface area is 107 Å². The number of hydrogen-bond donors (Lipinski definition) is 0. The normalized spacial score (nSPS) is 17.8. The summed E-state index contributed by atoms with van der Waals surface area (Å²) in [5.41, 5.74) is 0. The summed E-state index contributed by atoms with van der Waals surface area (Å²) in [6.07, 6.45) is 3.94. The van der Waals surface area contributed by atoms with Crippen LogP contribution in [0.1, 0.15) is 33.1 Å². The molecule has 1 heterocycles. The van der Waals surface area contributed by atoms with E-state index >= 15 is 0 Å². The summed E-state index contributed by atoms with van der Waals surface area (Å²) in [5.74, 6) is 0. The molecule has 62 valence electrons. The van der Waals surface area contributed by atoms with Crippen LogP contribution in [0, 0.1) is 0 Å². The molecule has 1 aliphatic rings. The third-order valence-corrected chi connectivity index (χ3v) is 2.92. The number of rotatable bonds is 1. The van der Waals surface area contributed by atoms with Crippen LogP contribution in [0.5, 0.6) is 0 Å². The van der Waals surface area contributed by atoms with E-state index in [1.54, 1.807) is 0 Å². The molecule has 1 nitrogen and oxygen atoms in total. The van der Waals surface area contributed by atoms with Crippen LogP contribution in [0.3, 0.4) is 0 Å². The molecular weight excluding hydrogens is 162 g/mol. The van der Waals surface area contributed by atoms with Crippen molar-refractivity contribution < 1.29 is 4.74 Å². The predicted molar refractivity (Wildman–Crippen MR) is 55.5 cm³/mol. The Bertz CT molecular complexity index is 57.5. The Morgan fingerprint density at radius 1 is 1.36 bits per heavy atom. The second kappa shape index (κ2) is 11.7. The minimum absolute atomic E-state index is 0. The van der Waals surface area contributed by atoms with Gasteiger partial charge in [0.2, 0.25) is 0 Å². The first-order chi connectivity index (χ1) is 4.77. The van der Waals surface area contributed by atoms with Crippen molar-refractivity contribution in [3.63, 3.8) is 0 Å². The zero-order valence-corrected chi connectivity index (χ0v) is 10.6. The van der Waals surface area contributed by atoms with E-state index in [0.717, 1.165) is 62.2 Å². The van der Waals surface area contributed by atoms with E-state index < -0.39 is 0 Å². The maximum absolute atomic E-state index is 4.94. The molecule has 11 heavy (non-hydrogen) atoms. The summed E-state index contributed by atoms with van der Waals surface area (Å²) < 4.78 is 6.02. The van der Waals surface area contributed by atoms with Crippen LogP contribution in [0.25, 0.3) is 0 Å². The fraction of sp³-hybridized carbons (Fsp3) is 1.00. The van der Waals surface area contributed by atoms with Gasteiger partial charge < -0.3 is 4.74 Å². The van der Waals surface area contributed by atoms with Crippen molar-refractivity contribution in [2.24, 2.45) is 0 Å².